The summed E-state index contributed by atoms with van der Waals surface area (Å²) in [4.78, 5) is 53.2. The summed E-state index contributed by atoms with van der Waals surface area (Å²) in [5, 5.41) is 12.5. The van der Waals surface area contributed by atoms with Gasteiger partial charge in [0.1, 0.15) is 37.6 Å². The van der Waals surface area contributed by atoms with Crippen LogP contribution in [-0.4, -0.2) is 78.9 Å². The molecule has 2 amide bonds. The molecule has 0 aliphatic carbocycles. The number of unbranched alkanes of at least 4 members (excludes halogenated alkanes) is 2. The van der Waals surface area contributed by atoms with Gasteiger partial charge in [-0.3, -0.25) is 24.6 Å². The molecule has 238 valence electrons. The van der Waals surface area contributed by atoms with Gasteiger partial charge in [0.05, 0.1) is 12.3 Å². The molecule has 0 spiro atoms. The van der Waals surface area contributed by atoms with Gasteiger partial charge in [-0.05, 0) is 49.8 Å². The third kappa shape index (κ3) is 9.44. The lowest BCUT2D eigenvalue weighted by Crippen LogP contribution is -2.54. The molecule has 0 radical (unpaired) electrons. The number of fused-ring (bicyclic) bond motifs is 1. The minimum Gasteiger partial charge on any atom is -0.489 e. The van der Waals surface area contributed by atoms with Crippen molar-refractivity contribution in [3.63, 3.8) is 0 Å². The lowest BCUT2D eigenvalue weighted by atomic mass is 9.91. The van der Waals surface area contributed by atoms with E-state index in [0.717, 1.165) is 44.1 Å². The molecule has 1 fully saturated rings. The van der Waals surface area contributed by atoms with E-state index < -0.39 is 36.5 Å². The number of para-hydroxylation sites is 2. The lowest BCUT2D eigenvalue weighted by Gasteiger charge is -2.31. The van der Waals surface area contributed by atoms with E-state index in [1.54, 1.807) is 36.1 Å². The van der Waals surface area contributed by atoms with Gasteiger partial charge >= 0.3 is 18.0 Å². The molecule has 0 aromatic heterocycles. The van der Waals surface area contributed by atoms with Crippen molar-refractivity contribution >= 4 is 29.6 Å². The van der Waals surface area contributed by atoms with Crippen LogP contribution in [0.4, 0.5) is 10.5 Å². The average molecular weight is 610 g/mol. The Hall–Kier alpha value is -4.12. The summed E-state index contributed by atoms with van der Waals surface area (Å²) in [5.41, 5.74) is 1.35. The number of aliphatic carboxylic acids is 1. The number of piperidine rings is 1. The molecule has 2 aliphatic rings. The number of nitrogens with one attached hydrogen (secondary N) is 1. The third-order valence-electron chi connectivity index (χ3n) is 8.08. The smallest absolute Gasteiger partial charge is 0.410 e. The van der Waals surface area contributed by atoms with Gasteiger partial charge in [-0.1, -0.05) is 68.1 Å². The summed E-state index contributed by atoms with van der Waals surface area (Å²) in [6, 6.07) is 14.8. The summed E-state index contributed by atoms with van der Waals surface area (Å²) in [7, 11) is 0. The largest absolute Gasteiger partial charge is 0.489 e. The van der Waals surface area contributed by atoms with Crippen LogP contribution in [0, 0.1) is 5.92 Å². The Balaban J connectivity index is 1.21. The standard InChI is InChI=1S/C33H43N3O8/c1-2-42-32(40)26(34-27-23-43-29-16-10-9-15-28(29)36(31(27)39)21-30(37)38)14-8-4-5-11-24-17-19-35(20-18-24)33(41)44-22-25-12-6-3-7-13-25/h3,6-7,9-10,12-13,15-16,24,26-27,34H,2,4-5,8,11,14,17-23H2,1H3,(H,37,38)/t26-,27?/m0/s1. The number of benzene rings is 2. The molecule has 2 N–H and O–H groups in total. The second-order valence-electron chi connectivity index (χ2n) is 11.2. The molecule has 2 heterocycles. The van der Waals surface area contributed by atoms with Gasteiger partial charge in [0.15, 0.2) is 0 Å². The van der Waals surface area contributed by atoms with Gasteiger partial charge in [-0.15, -0.1) is 0 Å². The summed E-state index contributed by atoms with van der Waals surface area (Å²) in [6.45, 7) is 3.03. The highest BCUT2D eigenvalue weighted by Gasteiger charge is 2.35. The van der Waals surface area contributed by atoms with Crippen LogP contribution in [0.15, 0.2) is 54.6 Å². The van der Waals surface area contributed by atoms with Crippen molar-refractivity contribution in [2.45, 2.75) is 70.6 Å². The van der Waals surface area contributed by atoms with Crippen molar-refractivity contribution in [3.8, 4) is 5.75 Å². The van der Waals surface area contributed by atoms with E-state index >= 15 is 0 Å². The zero-order chi connectivity index (χ0) is 31.3. The van der Waals surface area contributed by atoms with Crippen molar-refractivity contribution in [1.29, 1.82) is 0 Å². The highest BCUT2D eigenvalue weighted by Crippen LogP contribution is 2.31. The van der Waals surface area contributed by atoms with E-state index in [9.17, 15) is 24.3 Å². The van der Waals surface area contributed by atoms with Crippen LogP contribution < -0.4 is 15.0 Å². The lowest BCUT2D eigenvalue weighted by molar-refractivity contribution is -0.146. The number of rotatable bonds is 14. The molecular weight excluding hydrogens is 566 g/mol. The number of likely N-dealkylation sites (tertiary alicyclic amines) is 1. The van der Waals surface area contributed by atoms with Gasteiger partial charge in [0.2, 0.25) is 5.91 Å². The number of carbonyl (C=O) groups excluding carboxylic acids is 3. The van der Waals surface area contributed by atoms with Gasteiger partial charge in [-0.25, -0.2) is 4.79 Å². The first-order valence-corrected chi connectivity index (χ1v) is 15.5. The number of ether oxygens (including phenoxy) is 3. The average Bonchev–Trinajstić information content (AvgIpc) is 3.16. The zero-order valence-corrected chi connectivity index (χ0v) is 25.3. The topological polar surface area (TPSA) is 135 Å². The number of carboxylic acids is 1. The number of esters is 1. The van der Waals surface area contributed by atoms with E-state index in [0.29, 0.717) is 36.9 Å². The summed E-state index contributed by atoms with van der Waals surface area (Å²) in [5.74, 6) is -1.12. The summed E-state index contributed by atoms with van der Waals surface area (Å²) >= 11 is 0. The Labute approximate surface area is 258 Å². The first kappa shape index (κ1) is 32.8. The Morgan fingerprint density at radius 1 is 1.00 bits per heavy atom. The molecule has 11 nitrogen and oxygen atoms in total. The zero-order valence-electron chi connectivity index (χ0n) is 25.3. The van der Waals surface area contributed by atoms with Crippen LogP contribution in [0.1, 0.15) is 57.4 Å². The maximum Gasteiger partial charge on any atom is 0.410 e. The monoisotopic (exact) mass is 609 g/mol. The predicted octanol–water partition coefficient (Wildman–Crippen LogP) is 4.39. The van der Waals surface area contributed by atoms with E-state index in [1.165, 1.54) is 4.90 Å². The number of anilines is 1. The number of hydrogen-bond acceptors (Lipinski definition) is 8. The van der Waals surface area contributed by atoms with Crippen LogP contribution in [0.2, 0.25) is 0 Å². The van der Waals surface area contributed by atoms with Crippen LogP contribution in [0.25, 0.3) is 0 Å². The maximum atomic E-state index is 13.4. The molecule has 2 atom stereocenters. The van der Waals surface area contributed by atoms with Crippen molar-refractivity contribution in [2.75, 3.05) is 37.7 Å². The molecular formula is C33H43N3O8. The van der Waals surface area contributed by atoms with Gasteiger partial charge in [0, 0.05) is 13.1 Å². The fourth-order valence-corrected chi connectivity index (χ4v) is 5.70. The van der Waals surface area contributed by atoms with Crippen molar-refractivity contribution < 1.29 is 38.5 Å². The molecule has 1 saturated heterocycles. The Morgan fingerprint density at radius 2 is 1.73 bits per heavy atom. The van der Waals surface area contributed by atoms with Gasteiger partial charge in [-0.2, -0.15) is 0 Å². The van der Waals surface area contributed by atoms with Crippen molar-refractivity contribution in [1.82, 2.24) is 10.2 Å². The number of amides is 2. The molecule has 2 aliphatic heterocycles. The van der Waals surface area contributed by atoms with Crippen LogP contribution >= 0.6 is 0 Å². The minimum atomic E-state index is -1.15. The van der Waals surface area contributed by atoms with E-state index in [4.69, 9.17) is 14.2 Å². The van der Waals surface area contributed by atoms with E-state index in [2.05, 4.69) is 5.32 Å². The first-order valence-electron chi connectivity index (χ1n) is 15.5. The molecule has 2 aromatic carbocycles. The van der Waals surface area contributed by atoms with Gasteiger partial charge in [0.25, 0.3) is 0 Å². The number of nitrogens with zero attached hydrogens (tertiary/aromatic N) is 2. The molecule has 1 unspecified atom stereocenters. The number of carbonyl (C=O) groups is 4. The summed E-state index contributed by atoms with van der Waals surface area (Å²) < 4.78 is 16.6. The minimum absolute atomic E-state index is 0.0413. The van der Waals surface area contributed by atoms with Crippen LogP contribution in [-0.2, 0) is 30.5 Å². The van der Waals surface area contributed by atoms with Crippen LogP contribution in [0.3, 0.4) is 0 Å². The fourth-order valence-electron chi connectivity index (χ4n) is 5.70. The summed E-state index contributed by atoms with van der Waals surface area (Å²) in [6.07, 6.45) is 5.77. The Bertz CT molecular complexity index is 1250. The van der Waals surface area contributed by atoms with Crippen molar-refractivity contribution in [2.24, 2.45) is 5.92 Å². The predicted molar refractivity (Wildman–Crippen MR) is 163 cm³/mol. The van der Waals surface area contributed by atoms with Crippen LogP contribution in [0.5, 0.6) is 5.75 Å². The highest BCUT2D eigenvalue weighted by atomic mass is 16.6. The Kier molecular flexibility index (Phi) is 12.4. The molecule has 0 saturated carbocycles. The third-order valence-corrected chi connectivity index (χ3v) is 8.08. The quantitative estimate of drug-likeness (QED) is 0.236. The number of hydrogen-bond donors (Lipinski definition) is 2. The van der Waals surface area contributed by atoms with Crippen molar-refractivity contribution in [3.05, 3.63) is 60.2 Å². The molecule has 44 heavy (non-hydrogen) atoms. The maximum absolute atomic E-state index is 13.4. The molecule has 4 rings (SSSR count). The van der Waals surface area contributed by atoms with Gasteiger partial charge < -0.3 is 24.2 Å². The molecule has 11 heteroatoms. The van der Waals surface area contributed by atoms with E-state index in [-0.39, 0.29) is 25.9 Å². The normalized spacial score (nSPS) is 17.7. The number of carboxylic acid groups (broad SMARTS) is 1. The highest BCUT2D eigenvalue weighted by molar-refractivity contribution is 6.02. The second-order valence-corrected chi connectivity index (χ2v) is 11.2. The fraction of sp³-hybridized carbons (Fsp3) is 0.515. The first-order chi connectivity index (χ1) is 21.4. The molecule has 2 aromatic rings. The SMILES string of the molecule is CCOC(=O)[C@H](CCCCCC1CCN(C(=O)OCc2ccccc2)CC1)NC1COc2ccccc2N(CC(=O)O)C1=O. The molecule has 0 bridgehead atoms. The Morgan fingerprint density at radius 3 is 2.45 bits per heavy atom. The van der Waals surface area contributed by atoms with E-state index in [1.807, 2.05) is 30.3 Å². The second kappa shape index (κ2) is 16.7.